The zero-order valence-corrected chi connectivity index (χ0v) is 10.8. The van der Waals surface area contributed by atoms with Crippen molar-refractivity contribution in [1.82, 2.24) is 9.88 Å². The number of hydrogen-bond donors (Lipinski definition) is 1. The highest BCUT2D eigenvalue weighted by molar-refractivity contribution is 6.30. The van der Waals surface area contributed by atoms with Gasteiger partial charge in [-0.1, -0.05) is 6.58 Å². The zero-order chi connectivity index (χ0) is 12.3. The molecule has 1 unspecified atom stereocenters. The molecule has 1 rings (SSSR count). The molecule has 0 saturated heterocycles. The van der Waals surface area contributed by atoms with Crippen molar-refractivity contribution in [3.63, 3.8) is 0 Å². The van der Waals surface area contributed by atoms with Gasteiger partial charge < -0.3 is 10.2 Å². The van der Waals surface area contributed by atoms with E-state index in [2.05, 4.69) is 29.9 Å². The molecular formula is C12H20BN3. The number of nitrogens with zero attached hydrogens (tertiary/aromatic N) is 2. The SMILES string of the molecule is Bc1ccc(NC(C)C(=C)N(C)C)c(C)n1. The van der Waals surface area contributed by atoms with Gasteiger partial charge in [-0.2, -0.15) is 0 Å². The number of rotatable bonds is 4. The molecule has 1 atom stereocenters. The summed E-state index contributed by atoms with van der Waals surface area (Å²) in [6, 6.07) is 4.29. The van der Waals surface area contributed by atoms with E-state index in [1.54, 1.807) is 0 Å². The summed E-state index contributed by atoms with van der Waals surface area (Å²) in [4.78, 5) is 6.45. The summed E-state index contributed by atoms with van der Waals surface area (Å²) in [5.41, 5.74) is 4.20. The lowest BCUT2D eigenvalue weighted by molar-refractivity contribution is 0.482. The highest BCUT2D eigenvalue weighted by Gasteiger charge is 2.09. The van der Waals surface area contributed by atoms with Gasteiger partial charge in [-0.25, -0.2) is 0 Å². The van der Waals surface area contributed by atoms with Gasteiger partial charge in [0.25, 0.3) is 0 Å². The molecule has 16 heavy (non-hydrogen) atoms. The van der Waals surface area contributed by atoms with E-state index in [1.165, 1.54) is 0 Å². The number of pyridine rings is 1. The Morgan fingerprint density at radius 1 is 1.50 bits per heavy atom. The largest absolute Gasteiger partial charge is 0.380 e. The van der Waals surface area contributed by atoms with Crippen molar-refractivity contribution in [3.8, 4) is 0 Å². The third kappa shape index (κ3) is 3.02. The van der Waals surface area contributed by atoms with Crippen molar-refractivity contribution in [2.24, 2.45) is 0 Å². The van der Waals surface area contributed by atoms with Crippen molar-refractivity contribution < 1.29 is 0 Å². The molecule has 0 saturated carbocycles. The Kier molecular flexibility index (Phi) is 3.99. The quantitative estimate of drug-likeness (QED) is 0.745. The molecule has 86 valence electrons. The molecule has 1 N–H and O–H groups in total. The Bertz CT molecular complexity index is 388. The molecule has 0 aliphatic carbocycles. The topological polar surface area (TPSA) is 28.2 Å². The molecular weight excluding hydrogens is 197 g/mol. The van der Waals surface area contributed by atoms with Crippen LogP contribution in [0.4, 0.5) is 5.69 Å². The van der Waals surface area contributed by atoms with Crippen molar-refractivity contribution in [1.29, 1.82) is 0 Å². The van der Waals surface area contributed by atoms with Crippen LogP contribution in [0.5, 0.6) is 0 Å². The van der Waals surface area contributed by atoms with Crippen molar-refractivity contribution in [2.75, 3.05) is 19.4 Å². The van der Waals surface area contributed by atoms with Crippen LogP contribution in [-0.4, -0.2) is 37.9 Å². The smallest absolute Gasteiger partial charge is 0.163 e. The fourth-order valence-corrected chi connectivity index (χ4v) is 1.54. The van der Waals surface area contributed by atoms with E-state index in [4.69, 9.17) is 0 Å². The minimum Gasteiger partial charge on any atom is -0.380 e. The van der Waals surface area contributed by atoms with Gasteiger partial charge in [0.05, 0.1) is 17.4 Å². The molecule has 0 aromatic carbocycles. The first kappa shape index (κ1) is 12.6. The Morgan fingerprint density at radius 2 is 2.12 bits per heavy atom. The summed E-state index contributed by atoms with van der Waals surface area (Å²) in [7, 11) is 6.00. The Morgan fingerprint density at radius 3 is 2.62 bits per heavy atom. The van der Waals surface area contributed by atoms with E-state index in [0.717, 1.165) is 22.7 Å². The average Bonchev–Trinajstić information content (AvgIpc) is 2.20. The van der Waals surface area contributed by atoms with Gasteiger partial charge in [-0.05, 0) is 31.6 Å². The van der Waals surface area contributed by atoms with Crippen LogP contribution < -0.4 is 10.9 Å². The van der Waals surface area contributed by atoms with Crippen molar-refractivity contribution in [2.45, 2.75) is 19.9 Å². The molecule has 0 aliphatic rings. The molecule has 0 radical (unpaired) electrons. The number of nitrogens with one attached hydrogen (secondary N) is 1. The van der Waals surface area contributed by atoms with E-state index >= 15 is 0 Å². The third-order valence-electron chi connectivity index (χ3n) is 2.67. The van der Waals surface area contributed by atoms with Gasteiger partial charge in [-0.15, -0.1) is 0 Å². The Balaban J connectivity index is 2.77. The Hall–Kier alpha value is -1.45. The van der Waals surface area contributed by atoms with Gasteiger partial charge in [0.1, 0.15) is 0 Å². The van der Waals surface area contributed by atoms with Gasteiger partial charge in [-0.3, -0.25) is 4.98 Å². The minimum absolute atomic E-state index is 0.207. The van der Waals surface area contributed by atoms with Crippen LogP contribution in [0.2, 0.25) is 0 Å². The van der Waals surface area contributed by atoms with E-state index < -0.39 is 0 Å². The number of aromatic nitrogens is 1. The fourth-order valence-electron chi connectivity index (χ4n) is 1.54. The minimum atomic E-state index is 0.207. The monoisotopic (exact) mass is 217 g/mol. The number of anilines is 1. The summed E-state index contributed by atoms with van der Waals surface area (Å²) in [5.74, 6) is 0. The van der Waals surface area contributed by atoms with Crippen LogP contribution in [0.1, 0.15) is 12.6 Å². The van der Waals surface area contributed by atoms with Gasteiger partial charge in [0.15, 0.2) is 7.85 Å². The van der Waals surface area contributed by atoms with Crippen LogP contribution in [-0.2, 0) is 0 Å². The molecule has 0 bridgehead atoms. The molecule has 1 heterocycles. The molecule has 1 aromatic heterocycles. The third-order valence-corrected chi connectivity index (χ3v) is 2.67. The molecule has 0 fully saturated rings. The van der Waals surface area contributed by atoms with Crippen LogP contribution in [0, 0.1) is 6.92 Å². The van der Waals surface area contributed by atoms with E-state index in [1.807, 2.05) is 39.8 Å². The highest BCUT2D eigenvalue weighted by Crippen LogP contribution is 2.14. The van der Waals surface area contributed by atoms with Crippen molar-refractivity contribution >= 4 is 19.1 Å². The average molecular weight is 217 g/mol. The summed E-state index contributed by atoms with van der Waals surface area (Å²) in [6.07, 6.45) is 0. The first-order valence-electron chi connectivity index (χ1n) is 5.48. The van der Waals surface area contributed by atoms with Crippen LogP contribution in [0.3, 0.4) is 0 Å². The molecule has 0 amide bonds. The summed E-state index contributed by atoms with van der Waals surface area (Å²) in [5, 5.41) is 3.41. The maximum atomic E-state index is 4.43. The maximum Gasteiger partial charge on any atom is 0.163 e. The lowest BCUT2D eigenvalue weighted by atomic mass is 10.0. The fraction of sp³-hybridized carbons (Fsp3) is 0.417. The predicted octanol–water partition coefficient (Wildman–Crippen LogP) is 0.524. The molecule has 1 aromatic rings. The van der Waals surface area contributed by atoms with E-state index in [9.17, 15) is 0 Å². The second kappa shape index (κ2) is 5.06. The van der Waals surface area contributed by atoms with Gasteiger partial charge in [0, 0.05) is 19.8 Å². The predicted molar refractivity (Wildman–Crippen MR) is 73.1 cm³/mol. The van der Waals surface area contributed by atoms with Gasteiger partial charge >= 0.3 is 0 Å². The highest BCUT2D eigenvalue weighted by atomic mass is 15.1. The second-order valence-electron chi connectivity index (χ2n) is 4.34. The molecule has 0 aliphatic heterocycles. The lowest BCUT2D eigenvalue weighted by Crippen LogP contribution is -2.27. The first-order valence-corrected chi connectivity index (χ1v) is 5.48. The summed E-state index contributed by atoms with van der Waals surface area (Å²) in [6.45, 7) is 8.15. The first-order chi connectivity index (χ1) is 7.41. The second-order valence-corrected chi connectivity index (χ2v) is 4.34. The van der Waals surface area contributed by atoms with Gasteiger partial charge in [0.2, 0.25) is 0 Å². The summed E-state index contributed by atoms with van der Waals surface area (Å²) < 4.78 is 0. The lowest BCUT2D eigenvalue weighted by Gasteiger charge is -2.24. The zero-order valence-electron chi connectivity index (χ0n) is 10.8. The molecule has 3 nitrogen and oxygen atoms in total. The van der Waals surface area contributed by atoms with Crippen LogP contribution >= 0.6 is 0 Å². The number of aryl methyl sites for hydroxylation is 1. The van der Waals surface area contributed by atoms with Crippen molar-refractivity contribution in [3.05, 3.63) is 30.1 Å². The molecule has 4 heteroatoms. The number of hydrogen-bond acceptors (Lipinski definition) is 3. The maximum absolute atomic E-state index is 4.43. The number of likely N-dealkylation sites (N-methyl/N-ethyl adjacent to an activating group) is 1. The van der Waals surface area contributed by atoms with E-state index in [0.29, 0.717) is 0 Å². The summed E-state index contributed by atoms with van der Waals surface area (Å²) >= 11 is 0. The normalized spacial score (nSPS) is 12.0. The van der Waals surface area contributed by atoms with Crippen LogP contribution in [0.25, 0.3) is 0 Å². The standard InChI is InChI=1S/C12H20BN3/c1-8(10(3)16(4)5)14-11-6-7-12(13)15-9(11)2/h6-8,14H,3,13H2,1-2,4-5H3. The van der Waals surface area contributed by atoms with Crippen LogP contribution in [0.15, 0.2) is 24.4 Å². The molecule has 0 spiro atoms. The van der Waals surface area contributed by atoms with E-state index in [-0.39, 0.29) is 6.04 Å². The Labute approximate surface area is 99.0 Å².